The highest BCUT2D eigenvalue weighted by Crippen LogP contribution is 2.19. The summed E-state index contributed by atoms with van der Waals surface area (Å²) in [4.78, 5) is 31.2. The number of carboxylic acid groups (broad SMARTS) is 1. The van der Waals surface area contributed by atoms with E-state index in [4.69, 9.17) is 10.8 Å². The maximum absolute atomic E-state index is 10.9. The first-order valence-corrected chi connectivity index (χ1v) is 4.41. The number of carboxylic acids is 1. The van der Waals surface area contributed by atoms with Crippen molar-refractivity contribution in [1.82, 2.24) is 0 Å². The zero-order valence-electron chi connectivity index (χ0n) is 8.49. The number of primary amides is 1. The molecule has 0 saturated carbocycles. The zero-order valence-corrected chi connectivity index (χ0v) is 8.49. The fraction of sp³-hybridized carbons (Fsp3) is 0. The van der Waals surface area contributed by atoms with E-state index in [-0.39, 0.29) is 16.8 Å². The number of aromatic carboxylic acids is 1. The average molecular weight is 236 g/mol. The first-order chi connectivity index (χ1) is 7.91. The molecule has 1 aromatic carbocycles. The number of carbonyl (C=O) groups excluding carboxylic acids is 1. The highest BCUT2D eigenvalue weighted by molar-refractivity contribution is 5.96. The molecule has 0 saturated heterocycles. The minimum absolute atomic E-state index is 0.168. The van der Waals surface area contributed by atoms with Gasteiger partial charge >= 0.3 is 5.97 Å². The van der Waals surface area contributed by atoms with Crippen molar-refractivity contribution >= 4 is 23.6 Å². The second-order valence-corrected chi connectivity index (χ2v) is 3.07. The molecular weight excluding hydrogens is 228 g/mol. The lowest BCUT2D eigenvalue weighted by molar-refractivity contribution is -0.384. The van der Waals surface area contributed by atoms with Gasteiger partial charge in [0.05, 0.1) is 10.5 Å². The van der Waals surface area contributed by atoms with Gasteiger partial charge < -0.3 is 10.8 Å². The average Bonchev–Trinajstić information content (AvgIpc) is 2.25. The molecule has 7 nitrogen and oxygen atoms in total. The van der Waals surface area contributed by atoms with Crippen LogP contribution in [0.25, 0.3) is 6.08 Å². The highest BCUT2D eigenvalue weighted by Gasteiger charge is 2.14. The van der Waals surface area contributed by atoms with Crippen LogP contribution in [-0.4, -0.2) is 21.9 Å². The van der Waals surface area contributed by atoms with Crippen LogP contribution in [0.3, 0.4) is 0 Å². The summed E-state index contributed by atoms with van der Waals surface area (Å²) in [5.41, 5.74) is 4.43. The highest BCUT2D eigenvalue weighted by atomic mass is 16.6. The van der Waals surface area contributed by atoms with Gasteiger partial charge in [-0.1, -0.05) is 0 Å². The van der Waals surface area contributed by atoms with Crippen molar-refractivity contribution in [3.05, 3.63) is 45.5 Å². The van der Waals surface area contributed by atoms with Crippen molar-refractivity contribution in [2.45, 2.75) is 0 Å². The molecule has 0 aliphatic heterocycles. The van der Waals surface area contributed by atoms with E-state index in [2.05, 4.69) is 0 Å². The largest absolute Gasteiger partial charge is 0.478 e. The summed E-state index contributed by atoms with van der Waals surface area (Å²) in [5.74, 6) is -2.06. The molecule has 3 N–H and O–H groups in total. The maximum Gasteiger partial charge on any atom is 0.336 e. The molecule has 7 heteroatoms. The van der Waals surface area contributed by atoms with Crippen molar-refractivity contribution in [3.8, 4) is 0 Å². The Morgan fingerprint density at radius 3 is 2.53 bits per heavy atom. The normalized spacial score (nSPS) is 10.4. The Hall–Kier alpha value is -2.70. The second-order valence-electron chi connectivity index (χ2n) is 3.07. The van der Waals surface area contributed by atoms with Gasteiger partial charge in [-0.15, -0.1) is 0 Å². The molecule has 0 fully saturated rings. The summed E-state index contributed by atoms with van der Waals surface area (Å²) < 4.78 is 0. The van der Waals surface area contributed by atoms with Gasteiger partial charge in [0.1, 0.15) is 0 Å². The zero-order chi connectivity index (χ0) is 13.0. The van der Waals surface area contributed by atoms with Crippen molar-refractivity contribution in [2.75, 3.05) is 0 Å². The van der Waals surface area contributed by atoms with Crippen LogP contribution in [0.1, 0.15) is 15.9 Å². The molecule has 0 heterocycles. The summed E-state index contributed by atoms with van der Waals surface area (Å²) in [6.07, 6.45) is 2.17. The lowest BCUT2D eigenvalue weighted by atomic mass is 10.1. The molecule has 0 aliphatic carbocycles. The number of nitro benzene ring substituents is 1. The Kier molecular flexibility index (Phi) is 3.55. The number of benzene rings is 1. The molecule has 1 aromatic rings. The van der Waals surface area contributed by atoms with Crippen LogP contribution in [0.5, 0.6) is 0 Å². The van der Waals surface area contributed by atoms with Crippen molar-refractivity contribution < 1.29 is 19.6 Å². The quantitative estimate of drug-likeness (QED) is 0.454. The SMILES string of the molecule is NC(=O)/C=C/c1ccc([N+](=O)[O-])cc1C(=O)O. The smallest absolute Gasteiger partial charge is 0.336 e. The number of non-ortho nitro benzene ring substituents is 1. The third-order valence-corrected chi connectivity index (χ3v) is 1.91. The first-order valence-electron chi connectivity index (χ1n) is 4.41. The van der Waals surface area contributed by atoms with Gasteiger partial charge in [-0.05, 0) is 17.7 Å². The minimum atomic E-state index is -1.32. The van der Waals surface area contributed by atoms with Gasteiger partial charge in [-0.2, -0.15) is 0 Å². The molecule has 17 heavy (non-hydrogen) atoms. The Morgan fingerprint density at radius 2 is 2.06 bits per heavy atom. The lowest BCUT2D eigenvalue weighted by Crippen LogP contribution is -2.06. The van der Waals surface area contributed by atoms with Gasteiger partial charge in [0, 0.05) is 18.2 Å². The van der Waals surface area contributed by atoms with E-state index < -0.39 is 16.8 Å². The van der Waals surface area contributed by atoms with Crippen molar-refractivity contribution in [1.29, 1.82) is 0 Å². The van der Waals surface area contributed by atoms with E-state index in [0.29, 0.717) is 0 Å². The Balaban J connectivity index is 3.27. The molecule has 0 aliphatic rings. The number of carbonyl (C=O) groups is 2. The molecule has 0 atom stereocenters. The fourth-order valence-corrected chi connectivity index (χ4v) is 1.16. The number of nitrogens with zero attached hydrogens (tertiary/aromatic N) is 1. The van der Waals surface area contributed by atoms with Gasteiger partial charge in [0.15, 0.2) is 0 Å². The summed E-state index contributed by atoms with van der Waals surface area (Å²) in [5, 5.41) is 19.3. The van der Waals surface area contributed by atoms with E-state index in [1.54, 1.807) is 0 Å². The number of hydrogen-bond acceptors (Lipinski definition) is 4. The van der Waals surface area contributed by atoms with Gasteiger partial charge in [0.2, 0.25) is 5.91 Å². The molecule has 0 aromatic heterocycles. The van der Waals surface area contributed by atoms with E-state index >= 15 is 0 Å². The third-order valence-electron chi connectivity index (χ3n) is 1.91. The van der Waals surface area contributed by atoms with Crippen LogP contribution < -0.4 is 5.73 Å². The molecule has 88 valence electrons. The molecule has 1 rings (SSSR count). The van der Waals surface area contributed by atoms with Crippen LogP contribution in [0.4, 0.5) is 5.69 Å². The molecule has 0 unspecified atom stereocenters. The van der Waals surface area contributed by atoms with E-state index in [1.807, 2.05) is 0 Å². The van der Waals surface area contributed by atoms with Gasteiger partial charge in [-0.3, -0.25) is 14.9 Å². The Labute approximate surface area is 95.3 Å². The fourth-order valence-electron chi connectivity index (χ4n) is 1.16. The van der Waals surface area contributed by atoms with Crippen molar-refractivity contribution in [3.63, 3.8) is 0 Å². The molecule has 0 spiro atoms. The van der Waals surface area contributed by atoms with Gasteiger partial charge in [0.25, 0.3) is 5.69 Å². The van der Waals surface area contributed by atoms with Crippen LogP contribution in [0.15, 0.2) is 24.3 Å². The van der Waals surface area contributed by atoms with Crippen LogP contribution in [0.2, 0.25) is 0 Å². The summed E-state index contributed by atoms with van der Waals surface area (Å²) in [6.45, 7) is 0. The second kappa shape index (κ2) is 4.88. The van der Waals surface area contributed by atoms with Crippen molar-refractivity contribution in [2.24, 2.45) is 5.73 Å². The summed E-state index contributed by atoms with van der Waals surface area (Å²) in [6, 6.07) is 3.30. The predicted octanol–water partition coefficient (Wildman–Crippen LogP) is 0.792. The van der Waals surface area contributed by atoms with Gasteiger partial charge in [-0.25, -0.2) is 4.79 Å². The maximum atomic E-state index is 10.9. The lowest BCUT2D eigenvalue weighted by Gasteiger charge is -2.00. The monoisotopic (exact) mass is 236 g/mol. The summed E-state index contributed by atoms with van der Waals surface area (Å²) >= 11 is 0. The molecule has 0 radical (unpaired) electrons. The van der Waals surface area contributed by atoms with Crippen LogP contribution in [-0.2, 0) is 4.79 Å². The number of hydrogen-bond donors (Lipinski definition) is 2. The minimum Gasteiger partial charge on any atom is -0.478 e. The van der Waals surface area contributed by atoms with E-state index in [0.717, 1.165) is 18.2 Å². The Morgan fingerprint density at radius 1 is 1.41 bits per heavy atom. The molecule has 1 amide bonds. The van der Waals surface area contributed by atoms with E-state index in [9.17, 15) is 19.7 Å². The van der Waals surface area contributed by atoms with Crippen LogP contribution in [0, 0.1) is 10.1 Å². The topological polar surface area (TPSA) is 124 Å². The number of nitrogens with two attached hydrogens (primary N) is 1. The Bertz CT molecular complexity index is 521. The molecular formula is C10H8N2O5. The number of rotatable bonds is 4. The number of amides is 1. The number of nitro groups is 1. The molecule has 0 bridgehead atoms. The van der Waals surface area contributed by atoms with Crippen LogP contribution >= 0.6 is 0 Å². The van der Waals surface area contributed by atoms with E-state index in [1.165, 1.54) is 12.1 Å². The third kappa shape index (κ3) is 3.13. The first kappa shape index (κ1) is 12.4. The summed E-state index contributed by atoms with van der Waals surface area (Å²) in [7, 11) is 0. The predicted molar refractivity (Wildman–Crippen MR) is 58.3 cm³/mol. The standard InChI is InChI=1S/C10H8N2O5/c11-9(13)4-2-6-1-3-7(12(16)17)5-8(6)10(14)15/h1-5H,(H2,11,13)(H,14,15)/b4-2+.